The lowest BCUT2D eigenvalue weighted by molar-refractivity contribution is -0.142. The van der Waals surface area contributed by atoms with Crippen LogP contribution in [0.1, 0.15) is 40.7 Å². The van der Waals surface area contributed by atoms with E-state index in [0.29, 0.717) is 28.6 Å². The summed E-state index contributed by atoms with van der Waals surface area (Å²) >= 11 is 0. The molecule has 154 valence electrons. The first kappa shape index (κ1) is 18.4. The topological polar surface area (TPSA) is 89.9 Å². The molecule has 2 N–H and O–H groups in total. The van der Waals surface area contributed by atoms with E-state index in [1.165, 1.54) is 7.11 Å². The Labute approximate surface area is 168 Å². The van der Waals surface area contributed by atoms with Crippen molar-refractivity contribution in [3.8, 4) is 28.7 Å². The summed E-state index contributed by atoms with van der Waals surface area (Å²) in [4.78, 5) is 2.12. The first-order valence-corrected chi connectivity index (χ1v) is 9.48. The number of aromatic hydroxyl groups is 1. The number of methoxy groups -OCH3 is 2. The van der Waals surface area contributed by atoms with Gasteiger partial charge in [0.2, 0.25) is 12.5 Å². The van der Waals surface area contributed by atoms with Crippen LogP contribution in [-0.4, -0.2) is 49.7 Å². The summed E-state index contributed by atoms with van der Waals surface area (Å²) < 4.78 is 27.8. The van der Waals surface area contributed by atoms with E-state index in [0.717, 1.165) is 29.7 Å². The van der Waals surface area contributed by atoms with E-state index in [2.05, 4.69) is 4.90 Å². The molecular weight excluding hydrogens is 378 g/mol. The van der Waals surface area contributed by atoms with Gasteiger partial charge in [0, 0.05) is 12.1 Å². The van der Waals surface area contributed by atoms with Gasteiger partial charge < -0.3 is 33.9 Å². The van der Waals surface area contributed by atoms with Crippen molar-refractivity contribution in [1.29, 1.82) is 0 Å². The predicted molar refractivity (Wildman–Crippen MR) is 102 cm³/mol. The van der Waals surface area contributed by atoms with Gasteiger partial charge in [-0.3, -0.25) is 4.90 Å². The van der Waals surface area contributed by atoms with Gasteiger partial charge in [0.05, 0.1) is 25.8 Å². The second-order valence-corrected chi connectivity index (χ2v) is 7.42. The van der Waals surface area contributed by atoms with Crippen LogP contribution in [0.4, 0.5) is 0 Å². The Morgan fingerprint density at radius 2 is 1.97 bits per heavy atom. The molecule has 3 heterocycles. The van der Waals surface area contributed by atoms with Crippen LogP contribution in [0, 0.1) is 0 Å². The standard InChI is InChI=1S/C21H23NO7/c1-22-7-6-10-8-13-20(28-9-27-13)17(23)14(10)16(22)18-11-4-5-12(25-2)19(26-3)15(11)21(24)29-18/h4-5,8,16,18,21,23-24H,6-7,9H2,1-3H3/t16-,18?,21?/m1/s1. The summed E-state index contributed by atoms with van der Waals surface area (Å²) in [6.07, 6.45) is -0.897. The fourth-order valence-electron chi connectivity index (χ4n) is 4.66. The number of aliphatic hydroxyl groups excluding tert-OH is 1. The van der Waals surface area contributed by atoms with Crippen LogP contribution in [0.15, 0.2) is 18.2 Å². The number of hydrogen-bond acceptors (Lipinski definition) is 8. The second kappa shape index (κ2) is 6.69. The minimum Gasteiger partial charge on any atom is -0.504 e. The van der Waals surface area contributed by atoms with Gasteiger partial charge in [0.15, 0.2) is 29.3 Å². The maximum Gasteiger partial charge on any atom is 0.231 e. The van der Waals surface area contributed by atoms with Crippen LogP contribution in [-0.2, 0) is 11.2 Å². The molecule has 3 atom stereocenters. The number of ether oxygens (including phenoxy) is 5. The molecule has 2 aromatic carbocycles. The Kier molecular flexibility index (Phi) is 4.23. The highest BCUT2D eigenvalue weighted by atomic mass is 16.7. The van der Waals surface area contributed by atoms with Gasteiger partial charge >= 0.3 is 0 Å². The molecule has 0 spiro atoms. The van der Waals surface area contributed by atoms with Crippen LogP contribution < -0.4 is 18.9 Å². The fourth-order valence-corrected chi connectivity index (χ4v) is 4.66. The van der Waals surface area contributed by atoms with E-state index in [-0.39, 0.29) is 18.6 Å². The van der Waals surface area contributed by atoms with Crippen LogP contribution in [0.3, 0.4) is 0 Å². The molecule has 3 aliphatic heterocycles. The van der Waals surface area contributed by atoms with Gasteiger partial charge in [-0.05, 0) is 36.7 Å². The summed E-state index contributed by atoms with van der Waals surface area (Å²) in [5, 5.41) is 21.7. The minimum absolute atomic E-state index is 0.0681. The van der Waals surface area contributed by atoms with E-state index >= 15 is 0 Å². The highest BCUT2D eigenvalue weighted by molar-refractivity contribution is 5.62. The van der Waals surface area contributed by atoms with Gasteiger partial charge in [-0.2, -0.15) is 0 Å². The number of benzene rings is 2. The van der Waals surface area contributed by atoms with Crippen molar-refractivity contribution in [2.45, 2.75) is 24.9 Å². The number of likely N-dealkylation sites (N-methyl/N-ethyl adjacent to an activating group) is 1. The molecule has 0 saturated heterocycles. The van der Waals surface area contributed by atoms with E-state index in [4.69, 9.17) is 23.7 Å². The lowest BCUT2D eigenvalue weighted by Gasteiger charge is -2.38. The molecule has 29 heavy (non-hydrogen) atoms. The van der Waals surface area contributed by atoms with Gasteiger partial charge in [0.25, 0.3) is 0 Å². The first-order chi connectivity index (χ1) is 14.0. The van der Waals surface area contributed by atoms with Gasteiger partial charge in [0.1, 0.15) is 6.10 Å². The highest BCUT2D eigenvalue weighted by Gasteiger charge is 2.45. The van der Waals surface area contributed by atoms with Crippen molar-refractivity contribution in [3.63, 3.8) is 0 Å². The quantitative estimate of drug-likeness (QED) is 0.811. The van der Waals surface area contributed by atoms with Crippen LogP contribution in [0.2, 0.25) is 0 Å². The van der Waals surface area contributed by atoms with Gasteiger partial charge in [-0.1, -0.05) is 6.07 Å². The summed E-state index contributed by atoms with van der Waals surface area (Å²) in [6.45, 7) is 0.861. The molecule has 2 unspecified atom stereocenters. The third-order valence-corrected chi connectivity index (χ3v) is 6.00. The lowest BCUT2D eigenvalue weighted by Crippen LogP contribution is -2.36. The molecule has 5 rings (SSSR count). The molecule has 8 nitrogen and oxygen atoms in total. The normalized spacial score (nSPS) is 24.9. The van der Waals surface area contributed by atoms with E-state index in [1.54, 1.807) is 13.2 Å². The molecule has 0 aliphatic carbocycles. The third-order valence-electron chi connectivity index (χ3n) is 6.00. The van der Waals surface area contributed by atoms with Crippen LogP contribution >= 0.6 is 0 Å². The molecular formula is C21H23NO7. The van der Waals surface area contributed by atoms with Crippen molar-refractivity contribution in [3.05, 3.63) is 40.5 Å². The zero-order valence-corrected chi connectivity index (χ0v) is 16.5. The molecule has 8 heteroatoms. The van der Waals surface area contributed by atoms with E-state index in [9.17, 15) is 10.2 Å². The SMILES string of the molecule is COc1ccc2c(c1OC)C(O)OC2[C@H]1c2c(cc3c(c2O)OCO3)CCN1C. The Morgan fingerprint density at radius 3 is 2.72 bits per heavy atom. The molecule has 2 aromatic rings. The number of nitrogens with zero attached hydrogens (tertiary/aromatic N) is 1. The summed E-state index contributed by atoms with van der Waals surface area (Å²) in [5.41, 5.74) is 3.08. The van der Waals surface area contributed by atoms with Crippen molar-refractivity contribution < 1.29 is 33.9 Å². The Bertz CT molecular complexity index is 976. The Morgan fingerprint density at radius 1 is 1.14 bits per heavy atom. The average molecular weight is 401 g/mol. The molecule has 0 saturated carbocycles. The smallest absolute Gasteiger partial charge is 0.231 e. The summed E-state index contributed by atoms with van der Waals surface area (Å²) in [5.74, 6) is 1.96. The number of aliphatic hydroxyl groups is 1. The number of fused-ring (bicyclic) bond motifs is 3. The van der Waals surface area contributed by atoms with Crippen LogP contribution in [0.25, 0.3) is 0 Å². The second-order valence-electron chi connectivity index (χ2n) is 7.42. The zero-order valence-electron chi connectivity index (χ0n) is 16.5. The number of rotatable bonds is 3. The molecule has 0 radical (unpaired) electrons. The maximum atomic E-state index is 11.0. The highest BCUT2D eigenvalue weighted by Crippen LogP contribution is 2.56. The van der Waals surface area contributed by atoms with Crippen molar-refractivity contribution in [2.75, 3.05) is 34.6 Å². The lowest BCUT2D eigenvalue weighted by atomic mass is 9.85. The molecule has 3 aliphatic rings. The minimum atomic E-state index is -1.16. The average Bonchev–Trinajstić information content (AvgIpc) is 3.32. The van der Waals surface area contributed by atoms with Crippen molar-refractivity contribution >= 4 is 0 Å². The van der Waals surface area contributed by atoms with Gasteiger partial charge in [-0.15, -0.1) is 0 Å². The number of phenols is 1. The Balaban J connectivity index is 1.66. The molecule has 0 aromatic heterocycles. The number of hydrogen-bond donors (Lipinski definition) is 2. The Hall–Kier alpha value is -2.68. The monoisotopic (exact) mass is 401 g/mol. The summed E-state index contributed by atoms with van der Waals surface area (Å²) in [6, 6.07) is 5.29. The fraction of sp³-hybridized carbons (Fsp3) is 0.429. The first-order valence-electron chi connectivity index (χ1n) is 9.48. The van der Waals surface area contributed by atoms with E-state index in [1.807, 2.05) is 19.2 Å². The summed E-state index contributed by atoms with van der Waals surface area (Å²) in [7, 11) is 5.06. The van der Waals surface area contributed by atoms with Gasteiger partial charge in [-0.25, -0.2) is 0 Å². The largest absolute Gasteiger partial charge is 0.504 e. The maximum absolute atomic E-state index is 11.0. The molecule has 0 amide bonds. The zero-order chi connectivity index (χ0) is 20.3. The van der Waals surface area contributed by atoms with Crippen molar-refractivity contribution in [1.82, 2.24) is 4.90 Å². The predicted octanol–water partition coefficient (Wildman–Crippen LogP) is 2.43. The number of phenolic OH excluding ortho intramolecular Hbond substituents is 1. The molecule has 0 fully saturated rings. The van der Waals surface area contributed by atoms with Crippen LogP contribution in [0.5, 0.6) is 28.7 Å². The van der Waals surface area contributed by atoms with E-state index < -0.39 is 12.4 Å². The third kappa shape index (κ3) is 2.56. The molecule has 0 bridgehead atoms. The van der Waals surface area contributed by atoms with Crippen molar-refractivity contribution in [2.24, 2.45) is 0 Å².